The average molecular weight is 381 g/mol. The number of nitrogens with one attached hydrogen (secondary N) is 2. The van der Waals surface area contributed by atoms with Crippen LogP contribution in [0, 0.1) is 11.2 Å². The van der Waals surface area contributed by atoms with Gasteiger partial charge in [0.05, 0.1) is 36.0 Å². The molecule has 2 saturated heterocycles. The fraction of sp³-hybridized carbons (Fsp3) is 0.471. The van der Waals surface area contributed by atoms with Gasteiger partial charge in [-0.3, -0.25) is 4.90 Å². The molecule has 2 heterocycles. The van der Waals surface area contributed by atoms with Crippen molar-refractivity contribution < 1.29 is 13.7 Å². The van der Waals surface area contributed by atoms with Crippen LogP contribution in [0.1, 0.15) is 18.1 Å². The van der Waals surface area contributed by atoms with Crippen LogP contribution in [0.25, 0.3) is 0 Å². The van der Waals surface area contributed by atoms with Gasteiger partial charge >= 0.3 is 0 Å². The van der Waals surface area contributed by atoms with Gasteiger partial charge in [-0.25, -0.2) is 9.11 Å². The van der Waals surface area contributed by atoms with Gasteiger partial charge in [-0.15, -0.1) is 0 Å². The van der Waals surface area contributed by atoms with Gasteiger partial charge in [0.2, 0.25) is 0 Å². The molecule has 4 atom stereocenters. The van der Waals surface area contributed by atoms with E-state index in [0.717, 1.165) is 5.57 Å². The number of ether oxygens (including phenoxy) is 1. The Balaban J connectivity index is 1.65. The number of anilines is 1. The van der Waals surface area contributed by atoms with E-state index in [-0.39, 0.29) is 17.9 Å². The topological polar surface area (TPSA) is 123 Å². The number of nitrogens with zero attached hydrogens (tertiary/aromatic N) is 1. The molecule has 1 aromatic carbocycles. The van der Waals surface area contributed by atoms with Crippen LogP contribution in [0.5, 0.6) is 0 Å². The zero-order valence-electron chi connectivity index (χ0n) is 14.6. The van der Waals surface area contributed by atoms with E-state index in [1.54, 1.807) is 12.5 Å². The molecule has 0 aromatic heterocycles. The molecule has 0 spiro atoms. The van der Waals surface area contributed by atoms with Gasteiger partial charge in [-0.2, -0.15) is 0 Å². The van der Waals surface area contributed by atoms with Crippen LogP contribution >= 0.6 is 0 Å². The predicted molar refractivity (Wildman–Crippen MR) is 100 cm³/mol. The van der Waals surface area contributed by atoms with E-state index < -0.39 is 17.5 Å². The summed E-state index contributed by atoms with van der Waals surface area (Å²) in [6.45, 7) is 1.51. The summed E-state index contributed by atoms with van der Waals surface area (Å²) in [6.07, 6.45) is 3.40. The molecule has 26 heavy (non-hydrogen) atoms. The van der Waals surface area contributed by atoms with Crippen LogP contribution in [-0.2, 0) is 16.1 Å². The van der Waals surface area contributed by atoms with E-state index in [0.29, 0.717) is 43.1 Å². The molecule has 1 aromatic rings. The standard InChI is InChI=1S/C17H24FN5O2S/c1-26(24)22-6-10-7-23(8-16(10)21)12-5-15(20)17(25-9-12)13-4-11(18)2-3-14(13)19/h2-4,6,12,15,17,21-22H,5,7-9,19-20H2,1H3/b10-6-,21-16?/t12?,15?,17-,26?/m1/s1. The maximum atomic E-state index is 13.5. The molecule has 0 amide bonds. The Labute approximate surface area is 155 Å². The molecule has 3 rings (SSSR count). The molecule has 0 saturated carbocycles. The van der Waals surface area contributed by atoms with Crippen LogP contribution < -0.4 is 16.2 Å². The third-order valence-electron chi connectivity index (χ3n) is 4.79. The van der Waals surface area contributed by atoms with Gasteiger partial charge in [0.25, 0.3) is 0 Å². The van der Waals surface area contributed by atoms with Gasteiger partial charge in [0.1, 0.15) is 12.1 Å². The monoisotopic (exact) mass is 381 g/mol. The number of halogens is 1. The second kappa shape index (κ2) is 7.93. The number of likely N-dealkylation sites (tertiary alicyclic amines) is 1. The van der Waals surface area contributed by atoms with Crippen molar-refractivity contribution in [3.63, 3.8) is 0 Å². The maximum Gasteiger partial charge on any atom is 0.123 e. The third kappa shape index (κ3) is 4.18. The largest absolute Gasteiger partial charge is 0.593 e. The van der Waals surface area contributed by atoms with Gasteiger partial charge in [-0.1, -0.05) is 0 Å². The van der Waals surface area contributed by atoms with Crippen molar-refractivity contribution in [3.8, 4) is 0 Å². The highest BCUT2D eigenvalue weighted by Crippen LogP contribution is 2.33. The first-order valence-corrected chi connectivity index (χ1v) is 9.93. The molecule has 3 unspecified atom stereocenters. The smallest absolute Gasteiger partial charge is 0.123 e. The van der Waals surface area contributed by atoms with Crippen LogP contribution in [0.3, 0.4) is 0 Å². The molecule has 142 valence electrons. The summed E-state index contributed by atoms with van der Waals surface area (Å²) in [7, 11) is 0. The Morgan fingerprint density at radius 2 is 2.23 bits per heavy atom. The summed E-state index contributed by atoms with van der Waals surface area (Å²) in [5.41, 5.74) is 14.6. The summed E-state index contributed by atoms with van der Waals surface area (Å²) in [5, 5.41) is 8.10. The fourth-order valence-corrected chi connectivity index (χ4v) is 3.74. The normalized spacial score (nSPS) is 29.9. The summed E-state index contributed by atoms with van der Waals surface area (Å²) >= 11 is -1.16. The Hall–Kier alpha value is -1.65. The van der Waals surface area contributed by atoms with Gasteiger partial charge in [0, 0.05) is 42.0 Å². The van der Waals surface area contributed by atoms with E-state index in [4.69, 9.17) is 21.6 Å². The van der Waals surface area contributed by atoms with Gasteiger partial charge in [-0.05, 0) is 24.6 Å². The highest BCUT2D eigenvalue weighted by Gasteiger charge is 2.36. The molecule has 9 heteroatoms. The lowest BCUT2D eigenvalue weighted by Crippen LogP contribution is -2.48. The number of nitrogen functional groups attached to an aromatic ring is 1. The molecular formula is C17H24FN5O2S. The molecule has 7 nitrogen and oxygen atoms in total. The molecule has 0 radical (unpaired) electrons. The Bertz CT molecular complexity index is 714. The zero-order chi connectivity index (χ0) is 18.8. The number of nitrogens with two attached hydrogens (primary N) is 2. The zero-order valence-corrected chi connectivity index (χ0v) is 15.4. The summed E-state index contributed by atoms with van der Waals surface area (Å²) in [4.78, 5) is 2.12. The van der Waals surface area contributed by atoms with Crippen LogP contribution in [0.4, 0.5) is 10.1 Å². The van der Waals surface area contributed by atoms with E-state index in [1.807, 2.05) is 0 Å². The van der Waals surface area contributed by atoms with Crippen molar-refractivity contribution in [2.75, 3.05) is 31.7 Å². The van der Waals surface area contributed by atoms with E-state index in [2.05, 4.69) is 9.62 Å². The highest BCUT2D eigenvalue weighted by molar-refractivity contribution is 7.88. The van der Waals surface area contributed by atoms with Crippen molar-refractivity contribution in [3.05, 3.63) is 41.4 Å². The highest BCUT2D eigenvalue weighted by atomic mass is 32.2. The summed E-state index contributed by atoms with van der Waals surface area (Å²) in [6, 6.07) is 3.96. The third-order valence-corrected chi connectivity index (χ3v) is 5.24. The number of rotatable bonds is 4. The second-order valence-electron chi connectivity index (χ2n) is 6.71. The fourth-order valence-electron chi connectivity index (χ4n) is 3.43. The Kier molecular flexibility index (Phi) is 5.83. The SMILES string of the molecule is C[S+]([O-])N/C=C1/CN(C2CO[C@H](c3cc(F)ccc3N)C(N)C2)CC1=N. The minimum absolute atomic E-state index is 0.0643. The van der Waals surface area contributed by atoms with E-state index in [9.17, 15) is 8.94 Å². The molecule has 2 aliphatic rings. The first-order chi connectivity index (χ1) is 12.3. The molecule has 0 aliphatic carbocycles. The Morgan fingerprint density at radius 1 is 1.46 bits per heavy atom. The second-order valence-corrected chi connectivity index (χ2v) is 7.85. The van der Waals surface area contributed by atoms with Crippen molar-refractivity contribution in [2.45, 2.75) is 24.6 Å². The number of hydrogen-bond acceptors (Lipinski definition) is 7. The lowest BCUT2D eigenvalue weighted by atomic mass is 9.93. The minimum Gasteiger partial charge on any atom is -0.593 e. The first kappa shape index (κ1) is 19.1. The predicted octanol–water partition coefficient (Wildman–Crippen LogP) is 0.668. The lowest BCUT2D eigenvalue weighted by Gasteiger charge is -2.38. The number of hydrogen-bond donors (Lipinski definition) is 4. The number of benzene rings is 1. The van der Waals surface area contributed by atoms with Crippen LogP contribution in [0.15, 0.2) is 30.0 Å². The quantitative estimate of drug-likeness (QED) is 0.449. The minimum atomic E-state index is -1.16. The first-order valence-electron chi connectivity index (χ1n) is 8.37. The van der Waals surface area contributed by atoms with E-state index in [1.165, 1.54) is 18.2 Å². The summed E-state index contributed by atoms with van der Waals surface area (Å²) < 4.78 is 33.4. The van der Waals surface area contributed by atoms with Gasteiger partial charge < -0.3 is 26.2 Å². The molecule has 6 N–H and O–H groups in total. The molecule has 2 aliphatic heterocycles. The maximum absolute atomic E-state index is 13.5. The molecular weight excluding hydrogens is 357 g/mol. The summed E-state index contributed by atoms with van der Waals surface area (Å²) in [5.74, 6) is -0.365. The average Bonchev–Trinajstić information content (AvgIpc) is 2.96. The van der Waals surface area contributed by atoms with Crippen molar-refractivity contribution in [1.82, 2.24) is 9.62 Å². The Morgan fingerprint density at radius 3 is 2.92 bits per heavy atom. The van der Waals surface area contributed by atoms with Crippen molar-refractivity contribution >= 4 is 22.8 Å². The lowest BCUT2D eigenvalue weighted by molar-refractivity contribution is -0.0434. The van der Waals surface area contributed by atoms with Crippen molar-refractivity contribution in [1.29, 1.82) is 5.41 Å². The van der Waals surface area contributed by atoms with E-state index >= 15 is 0 Å². The van der Waals surface area contributed by atoms with Crippen LogP contribution in [0.2, 0.25) is 0 Å². The molecule has 2 fully saturated rings. The molecule has 0 bridgehead atoms. The van der Waals surface area contributed by atoms with Gasteiger partial charge in [0.15, 0.2) is 0 Å². The van der Waals surface area contributed by atoms with Crippen molar-refractivity contribution in [2.24, 2.45) is 5.73 Å². The van der Waals surface area contributed by atoms with Crippen LogP contribution in [-0.4, -0.2) is 53.2 Å².